The minimum Gasteiger partial charge on any atom is -0.475 e. The van der Waals surface area contributed by atoms with E-state index in [9.17, 15) is 4.79 Å². The molecule has 0 fully saturated rings. The molecule has 100 valence electrons. The first kappa shape index (κ1) is 14.5. The van der Waals surface area contributed by atoms with Crippen molar-refractivity contribution in [3.8, 4) is 5.88 Å². The van der Waals surface area contributed by atoms with E-state index >= 15 is 0 Å². The van der Waals surface area contributed by atoms with Crippen LogP contribution in [-0.4, -0.2) is 24.0 Å². The summed E-state index contributed by atoms with van der Waals surface area (Å²) in [6.07, 6.45) is 1.60. The maximum absolute atomic E-state index is 11.8. The lowest BCUT2D eigenvalue weighted by molar-refractivity contribution is 0.0950. The van der Waals surface area contributed by atoms with Gasteiger partial charge in [-0.3, -0.25) is 4.79 Å². The highest BCUT2D eigenvalue weighted by Gasteiger charge is 2.10. The van der Waals surface area contributed by atoms with Gasteiger partial charge in [0.15, 0.2) is 0 Å². The first-order valence-corrected chi connectivity index (χ1v) is 7.76. The van der Waals surface area contributed by atoms with E-state index in [1.54, 1.807) is 18.3 Å². The second-order valence-electron chi connectivity index (χ2n) is 3.49. The molecule has 0 spiro atoms. The highest BCUT2D eigenvalue weighted by atomic mass is 127. The smallest absolute Gasteiger partial charge is 0.262 e. The molecule has 2 aromatic rings. The Morgan fingerprint density at radius 2 is 2.37 bits per heavy atom. The third-order valence-corrected chi connectivity index (χ3v) is 4.64. The predicted octanol–water partition coefficient (Wildman–Crippen LogP) is 3.21. The molecule has 0 saturated carbocycles. The van der Waals surface area contributed by atoms with Crippen LogP contribution in [0.15, 0.2) is 29.8 Å². The minimum absolute atomic E-state index is 0.0879. The summed E-state index contributed by atoms with van der Waals surface area (Å²) < 4.78 is 6.33. The summed E-state index contributed by atoms with van der Waals surface area (Å²) in [4.78, 5) is 16.5. The Morgan fingerprint density at radius 1 is 1.53 bits per heavy atom. The lowest BCUT2D eigenvalue weighted by atomic mass is 10.4. The SMILES string of the molecule is O=C(NCCOc1ncccc1Cl)c1sccc1I. The van der Waals surface area contributed by atoms with Crippen LogP contribution in [0.3, 0.4) is 0 Å². The number of carbonyl (C=O) groups excluding carboxylic acids is 1. The van der Waals surface area contributed by atoms with Crippen molar-refractivity contribution in [2.75, 3.05) is 13.2 Å². The Balaban J connectivity index is 1.77. The summed E-state index contributed by atoms with van der Waals surface area (Å²) in [5, 5.41) is 5.14. The molecule has 2 aromatic heterocycles. The van der Waals surface area contributed by atoms with E-state index in [2.05, 4.69) is 32.9 Å². The standard InChI is InChI=1S/C12H10ClIN2O2S/c13-8-2-1-4-16-12(8)18-6-5-15-11(17)10-9(14)3-7-19-10/h1-4,7H,5-6H2,(H,15,17). The molecule has 0 aromatic carbocycles. The van der Waals surface area contributed by atoms with E-state index in [-0.39, 0.29) is 5.91 Å². The Bertz CT molecular complexity index is 576. The first-order valence-electron chi connectivity index (χ1n) is 5.43. The number of rotatable bonds is 5. The number of carbonyl (C=O) groups is 1. The fraction of sp³-hybridized carbons (Fsp3) is 0.167. The molecule has 7 heteroatoms. The van der Waals surface area contributed by atoms with Crippen LogP contribution in [0.1, 0.15) is 9.67 Å². The molecule has 0 aliphatic heterocycles. The number of pyridine rings is 1. The van der Waals surface area contributed by atoms with E-state index in [1.165, 1.54) is 11.3 Å². The molecule has 0 radical (unpaired) electrons. The normalized spacial score (nSPS) is 10.2. The second-order valence-corrected chi connectivity index (χ2v) is 5.98. The fourth-order valence-electron chi connectivity index (χ4n) is 1.33. The van der Waals surface area contributed by atoms with Crippen molar-refractivity contribution in [3.05, 3.63) is 43.2 Å². The van der Waals surface area contributed by atoms with Gasteiger partial charge in [-0.2, -0.15) is 0 Å². The molecule has 2 rings (SSSR count). The van der Waals surface area contributed by atoms with Crippen molar-refractivity contribution in [3.63, 3.8) is 0 Å². The van der Waals surface area contributed by atoms with Gasteiger partial charge in [0.2, 0.25) is 5.88 Å². The summed E-state index contributed by atoms with van der Waals surface area (Å²) in [5.41, 5.74) is 0. The van der Waals surface area contributed by atoms with Crippen LogP contribution >= 0.6 is 45.5 Å². The van der Waals surface area contributed by atoms with E-state index in [0.717, 1.165) is 8.45 Å². The molecule has 0 aliphatic carbocycles. The Labute approximate surface area is 133 Å². The van der Waals surface area contributed by atoms with Crippen molar-refractivity contribution in [2.45, 2.75) is 0 Å². The average Bonchev–Trinajstić information content (AvgIpc) is 2.82. The monoisotopic (exact) mass is 408 g/mol. The predicted molar refractivity (Wildman–Crippen MR) is 84.1 cm³/mol. The molecule has 0 unspecified atom stereocenters. The van der Waals surface area contributed by atoms with Crippen LogP contribution in [-0.2, 0) is 0 Å². The molecular formula is C12H10ClIN2O2S. The largest absolute Gasteiger partial charge is 0.475 e. The van der Waals surface area contributed by atoms with E-state index in [1.807, 2.05) is 11.4 Å². The molecule has 0 saturated heterocycles. The lowest BCUT2D eigenvalue weighted by Crippen LogP contribution is -2.28. The maximum atomic E-state index is 11.8. The maximum Gasteiger partial charge on any atom is 0.262 e. The number of thiophene rings is 1. The Hall–Kier alpha value is -0.860. The summed E-state index contributed by atoms with van der Waals surface area (Å²) >= 11 is 9.45. The molecular weight excluding hydrogens is 399 g/mol. The number of ether oxygens (including phenoxy) is 1. The minimum atomic E-state index is -0.0879. The third-order valence-electron chi connectivity index (χ3n) is 2.17. The van der Waals surface area contributed by atoms with Crippen LogP contribution in [0, 0.1) is 3.57 Å². The van der Waals surface area contributed by atoms with Gasteiger partial charge in [0.1, 0.15) is 16.5 Å². The topological polar surface area (TPSA) is 51.2 Å². The van der Waals surface area contributed by atoms with Gasteiger partial charge in [-0.05, 0) is 46.2 Å². The highest BCUT2D eigenvalue weighted by molar-refractivity contribution is 14.1. The van der Waals surface area contributed by atoms with Crippen molar-refractivity contribution < 1.29 is 9.53 Å². The van der Waals surface area contributed by atoms with Gasteiger partial charge in [-0.1, -0.05) is 11.6 Å². The fourth-order valence-corrected chi connectivity index (χ4v) is 3.25. The molecule has 1 amide bonds. The number of aromatic nitrogens is 1. The van der Waals surface area contributed by atoms with Gasteiger partial charge in [0.05, 0.1) is 6.54 Å². The van der Waals surface area contributed by atoms with E-state index in [0.29, 0.717) is 24.1 Å². The summed E-state index contributed by atoms with van der Waals surface area (Å²) in [6.45, 7) is 0.726. The average molecular weight is 409 g/mol. The zero-order valence-corrected chi connectivity index (χ0v) is 13.5. The van der Waals surface area contributed by atoms with Gasteiger partial charge in [-0.25, -0.2) is 4.98 Å². The van der Waals surface area contributed by atoms with Crippen molar-refractivity contribution in [1.29, 1.82) is 0 Å². The van der Waals surface area contributed by atoms with Gasteiger partial charge < -0.3 is 10.1 Å². The zero-order valence-electron chi connectivity index (χ0n) is 9.73. The number of hydrogen-bond acceptors (Lipinski definition) is 4. The van der Waals surface area contributed by atoms with E-state index < -0.39 is 0 Å². The summed E-state index contributed by atoms with van der Waals surface area (Å²) in [5.74, 6) is 0.291. The quantitative estimate of drug-likeness (QED) is 0.610. The summed E-state index contributed by atoms with van der Waals surface area (Å²) in [6, 6.07) is 5.34. The molecule has 0 atom stereocenters. The Morgan fingerprint density at radius 3 is 3.05 bits per heavy atom. The number of halogens is 2. The number of nitrogens with zero attached hydrogens (tertiary/aromatic N) is 1. The second kappa shape index (κ2) is 7.06. The Kier molecular flexibility index (Phi) is 5.41. The highest BCUT2D eigenvalue weighted by Crippen LogP contribution is 2.20. The van der Waals surface area contributed by atoms with Gasteiger partial charge in [0, 0.05) is 9.77 Å². The lowest BCUT2D eigenvalue weighted by Gasteiger charge is -2.07. The first-order chi connectivity index (χ1) is 9.18. The van der Waals surface area contributed by atoms with Crippen LogP contribution in [0.4, 0.5) is 0 Å². The van der Waals surface area contributed by atoms with Gasteiger partial charge in [0.25, 0.3) is 5.91 Å². The molecule has 2 heterocycles. The van der Waals surface area contributed by atoms with Gasteiger partial charge in [-0.15, -0.1) is 11.3 Å². The number of nitrogens with one attached hydrogen (secondary N) is 1. The van der Waals surface area contributed by atoms with Crippen LogP contribution in [0.5, 0.6) is 5.88 Å². The third kappa shape index (κ3) is 4.05. The summed E-state index contributed by atoms with van der Waals surface area (Å²) in [7, 11) is 0. The van der Waals surface area contributed by atoms with Crippen LogP contribution in [0.2, 0.25) is 5.02 Å². The molecule has 4 nitrogen and oxygen atoms in total. The zero-order chi connectivity index (χ0) is 13.7. The molecule has 0 bridgehead atoms. The van der Waals surface area contributed by atoms with Crippen molar-refractivity contribution in [2.24, 2.45) is 0 Å². The van der Waals surface area contributed by atoms with Gasteiger partial charge >= 0.3 is 0 Å². The number of amides is 1. The molecule has 19 heavy (non-hydrogen) atoms. The van der Waals surface area contributed by atoms with Crippen molar-refractivity contribution in [1.82, 2.24) is 10.3 Å². The molecule has 0 aliphatic rings. The van der Waals surface area contributed by atoms with Crippen LogP contribution < -0.4 is 10.1 Å². The van der Waals surface area contributed by atoms with E-state index in [4.69, 9.17) is 16.3 Å². The number of hydrogen-bond donors (Lipinski definition) is 1. The van der Waals surface area contributed by atoms with Crippen LogP contribution in [0.25, 0.3) is 0 Å². The van der Waals surface area contributed by atoms with Crippen molar-refractivity contribution >= 4 is 51.4 Å². The molecule has 1 N–H and O–H groups in total.